The number of hydrogen-bond donors (Lipinski definition) is 0. The van der Waals surface area contributed by atoms with Crippen LogP contribution in [0.4, 0.5) is 8.78 Å². The van der Waals surface area contributed by atoms with Crippen molar-refractivity contribution in [1.29, 1.82) is 0 Å². The summed E-state index contributed by atoms with van der Waals surface area (Å²) in [5.41, 5.74) is 0. The molecule has 1 heterocycles. The molecule has 1 saturated heterocycles. The maximum absolute atomic E-state index is 12.7. The first-order chi connectivity index (χ1) is 4.52. The minimum Gasteiger partial charge on any atom is -0.372 e. The first-order valence-corrected chi connectivity index (χ1v) is 3.52. The molecule has 1 nitrogen and oxygen atoms in total. The molecule has 0 aliphatic carbocycles. The van der Waals surface area contributed by atoms with Crippen molar-refractivity contribution in [3.63, 3.8) is 0 Å². The quantitative estimate of drug-likeness (QED) is 0.513. The van der Waals surface area contributed by atoms with Crippen molar-refractivity contribution in [2.75, 3.05) is 6.61 Å². The third kappa shape index (κ3) is 1.45. The lowest BCUT2D eigenvalue weighted by atomic mass is 9.97. The van der Waals surface area contributed by atoms with E-state index in [1.54, 1.807) is 6.92 Å². The summed E-state index contributed by atoms with van der Waals surface area (Å²) in [5.74, 6) is -2.62. The molecule has 2 unspecified atom stereocenters. The van der Waals surface area contributed by atoms with Crippen molar-refractivity contribution < 1.29 is 13.5 Å². The van der Waals surface area contributed by atoms with Crippen LogP contribution >= 0.6 is 0 Å². The highest BCUT2D eigenvalue weighted by molar-refractivity contribution is 4.80. The van der Waals surface area contributed by atoms with Crippen molar-refractivity contribution in [2.24, 2.45) is 5.92 Å². The molecule has 0 saturated carbocycles. The third-order valence-electron chi connectivity index (χ3n) is 1.85. The molecule has 0 spiro atoms. The Morgan fingerprint density at radius 3 is 2.40 bits per heavy atom. The minimum atomic E-state index is -2.61. The van der Waals surface area contributed by atoms with Gasteiger partial charge in [-0.2, -0.15) is 0 Å². The van der Waals surface area contributed by atoms with Gasteiger partial charge in [0.15, 0.2) is 0 Å². The molecule has 0 aromatic rings. The van der Waals surface area contributed by atoms with Crippen LogP contribution in [0.15, 0.2) is 0 Å². The largest absolute Gasteiger partial charge is 0.372 e. The molecule has 10 heavy (non-hydrogen) atoms. The van der Waals surface area contributed by atoms with Gasteiger partial charge in [0.05, 0.1) is 6.61 Å². The molecule has 0 aromatic heterocycles. The van der Waals surface area contributed by atoms with Crippen molar-refractivity contribution in [3.8, 4) is 0 Å². The van der Waals surface area contributed by atoms with E-state index < -0.39 is 12.0 Å². The molecule has 1 aliphatic heterocycles. The van der Waals surface area contributed by atoms with Crippen LogP contribution < -0.4 is 0 Å². The Morgan fingerprint density at radius 1 is 1.40 bits per heavy atom. The second kappa shape index (κ2) is 2.46. The number of rotatable bonds is 0. The van der Waals surface area contributed by atoms with E-state index in [0.717, 1.165) is 0 Å². The van der Waals surface area contributed by atoms with Crippen LogP contribution in [0.25, 0.3) is 0 Å². The molecule has 1 aliphatic rings. The average molecular weight is 150 g/mol. The molecule has 0 aromatic carbocycles. The summed E-state index contributed by atoms with van der Waals surface area (Å²) in [6, 6.07) is 0. The summed E-state index contributed by atoms with van der Waals surface area (Å²) < 4.78 is 30.3. The Kier molecular flexibility index (Phi) is 1.95. The van der Waals surface area contributed by atoms with Crippen LogP contribution in [-0.4, -0.2) is 18.6 Å². The highest BCUT2D eigenvalue weighted by Gasteiger charge is 2.42. The van der Waals surface area contributed by atoms with Gasteiger partial charge < -0.3 is 4.74 Å². The van der Waals surface area contributed by atoms with E-state index in [0.29, 0.717) is 6.61 Å². The molecule has 0 bridgehead atoms. The smallest absolute Gasteiger partial charge is 0.273 e. The molecule has 3 heteroatoms. The Labute approximate surface area is 59.4 Å². The van der Waals surface area contributed by atoms with Gasteiger partial charge in [-0.3, -0.25) is 0 Å². The summed E-state index contributed by atoms with van der Waals surface area (Å²) in [7, 11) is 0. The molecule has 0 radical (unpaired) electrons. The number of ether oxygens (including phenoxy) is 1. The molecule has 2 atom stereocenters. The van der Waals surface area contributed by atoms with Gasteiger partial charge in [-0.25, -0.2) is 8.78 Å². The summed E-state index contributed by atoms with van der Waals surface area (Å²) in [6.07, 6.45) is -0.933. The first kappa shape index (κ1) is 7.92. The zero-order valence-corrected chi connectivity index (χ0v) is 6.23. The minimum absolute atomic E-state index is 0.00815. The summed E-state index contributed by atoms with van der Waals surface area (Å²) in [6.45, 7) is 3.67. The van der Waals surface area contributed by atoms with Crippen LogP contribution in [-0.2, 0) is 4.74 Å². The fourth-order valence-electron chi connectivity index (χ4n) is 1.12. The second-order valence-corrected chi connectivity index (χ2v) is 3.05. The number of halogens is 2. The second-order valence-electron chi connectivity index (χ2n) is 3.05. The fraction of sp³-hybridized carbons (Fsp3) is 1.00. The molecule has 60 valence electrons. The number of hydrogen-bond acceptors (Lipinski definition) is 1. The van der Waals surface area contributed by atoms with E-state index in [1.807, 2.05) is 0 Å². The maximum Gasteiger partial charge on any atom is 0.273 e. The highest BCUT2D eigenvalue weighted by atomic mass is 19.3. The van der Waals surface area contributed by atoms with E-state index in [1.165, 1.54) is 6.92 Å². The predicted octanol–water partition coefficient (Wildman–Crippen LogP) is 2.07. The van der Waals surface area contributed by atoms with Gasteiger partial charge in [0.25, 0.3) is 5.92 Å². The van der Waals surface area contributed by atoms with Crippen molar-refractivity contribution in [3.05, 3.63) is 0 Å². The summed E-state index contributed by atoms with van der Waals surface area (Å²) in [4.78, 5) is 0. The van der Waals surface area contributed by atoms with E-state index in [2.05, 4.69) is 0 Å². The Bertz CT molecular complexity index is 125. The van der Waals surface area contributed by atoms with Crippen LogP contribution in [0.1, 0.15) is 20.3 Å². The van der Waals surface area contributed by atoms with E-state index in [9.17, 15) is 8.78 Å². The topological polar surface area (TPSA) is 9.23 Å². The zero-order chi connectivity index (χ0) is 7.78. The van der Waals surface area contributed by atoms with Gasteiger partial charge in [0.1, 0.15) is 6.10 Å². The van der Waals surface area contributed by atoms with Crippen molar-refractivity contribution in [2.45, 2.75) is 32.3 Å². The van der Waals surface area contributed by atoms with Crippen molar-refractivity contribution in [1.82, 2.24) is 0 Å². The van der Waals surface area contributed by atoms with Gasteiger partial charge >= 0.3 is 0 Å². The molecular weight excluding hydrogens is 138 g/mol. The lowest BCUT2D eigenvalue weighted by Crippen LogP contribution is -2.41. The molecule has 1 rings (SSSR count). The van der Waals surface area contributed by atoms with Crippen LogP contribution in [0.3, 0.4) is 0 Å². The van der Waals surface area contributed by atoms with Gasteiger partial charge in [0.2, 0.25) is 0 Å². The summed E-state index contributed by atoms with van der Waals surface area (Å²) >= 11 is 0. The van der Waals surface area contributed by atoms with Crippen LogP contribution in [0.2, 0.25) is 0 Å². The summed E-state index contributed by atoms with van der Waals surface area (Å²) in [5, 5.41) is 0. The standard InChI is InChI=1S/C7H12F2O/c1-5-3-7(8,9)6(2)10-4-5/h5-6H,3-4H2,1-2H3. The van der Waals surface area contributed by atoms with E-state index in [-0.39, 0.29) is 12.3 Å². The maximum atomic E-state index is 12.7. The molecule has 1 fully saturated rings. The Balaban J connectivity index is 2.55. The fourth-order valence-corrected chi connectivity index (χ4v) is 1.12. The normalized spacial score (nSPS) is 39.6. The predicted molar refractivity (Wildman–Crippen MR) is 34.1 cm³/mol. The average Bonchev–Trinajstić information content (AvgIpc) is 1.78. The van der Waals surface area contributed by atoms with Crippen LogP contribution in [0, 0.1) is 5.92 Å². The molecular formula is C7H12F2O. The van der Waals surface area contributed by atoms with Gasteiger partial charge in [0, 0.05) is 6.42 Å². The first-order valence-electron chi connectivity index (χ1n) is 3.52. The zero-order valence-electron chi connectivity index (χ0n) is 6.23. The van der Waals surface area contributed by atoms with E-state index in [4.69, 9.17) is 4.74 Å². The molecule has 0 amide bonds. The monoisotopic (exact) mass is 150 g/mol. The van der Waals surface area contributed by atoms with E-state index >= 15 is 0 Å². The van der Waals surface area contributed by atoms with Gasteiger partial charge in [-0.05, 0) is 12.8 Å². The van der Waals surface area contributed by atoms with Crippen LogP contribution in [0.5, 0.6) is 0 Å². The number of alkyl halides is 2. The molecule has 0 N–H and O–H groups in total. The Hall–Kier alpha value is -0.180. The SMILES string of the molecule is CC1COC(C)C(F)(F)C1. The lowest BCUT2D eigenvalue weighted by Gasteiger charge is -2.32. The third-order valence-corrected chi connectivity index (χ3v) is 1.85. The lowest BCUT2D eigenvalue weighted by molar-refractivity contribution is -0.179. The van der Waals surface area contributed by atoms with Gasteiger partial charge in [-0.15, -0.1) is 0 Å². The Morgan fingerprint density at radius 2 is 2.00 bits per heavy atom. The van der Waals surface area contributed by atoms with Crippen molar-refractivity contribution >= 4 is 0 Å². The highest BCUT2D eigenvalue weighted by Crippen LogP contribution is 2.33. The van der Waals surface area contributed by atoms with Gasteiger partial charge in [-0.1, -0.05) is 6.92 Å².